The molecule has 1 N–H and O–H groups in total. The van der Waals surface area contributed by atoms with E-state index in [1.165, 1.54) is 11.9 Å². The van der Waals surface area contributed by atoms with Crippen LogP contribution in [0, 0.1) is 19.8 Å². The normalized spacial score (nSPS) is 20.4. The maximum Gasteiger partial charge on any atom is 0.255 e. The number of ether oxygens (including phenoxy) is 1. The average molecular weight is 312 g/mol. The largest absolute Gasteiger partial charge is 0.379 e. The quantitative estimate of drug-likeness (QED) is 0.925. The summed E-state index contributed by atoms with van der Waals surface area (Å²) >= 11 is 0. The number of hydrogen-bond donors (Lipinski definition) is 1. The second-order valence-electron chi connectivity index (χ2n) is 5.86. The van der Waals surface area contributed by atoms with Gasteiger partial charge >= 0.3 is 0 Å². The van der Waals surface area contributed by atoms with E-state index in [2.05, 4.69) is 20.3 Å². The minimum absolute atomic E-state index is 0.00493. The number of aryl methyl sites for hydroxylation is 2. The Hall–Kier alpha value is -2.34. The van der Waals surface area contributed by atoms with Gasteiger partial charge in [0.1, 0.15) is 6.33 Å². The second-order valence-corrected chi connectivity index (χ2v) is 5.86. The Labute approximate surface area is 135 Å². The number of nitrogens with zero attached hydrogens (tertiary/aromatic N) is 3. The van der Waals surface area contributed by atoms with Crippen molar-refractivity contribution in [1.29, 1.82) is 0 Å². The van der Waals surface area contributed by atoms with Crippen LogP contribution < -0.4 is 5.32 Å². The lowest BCUT2D eigenvalue weighted by molar-refractivity contribution is 0.0923. The van der Waals surface area contributed by atoms with Crippen molar-refractivity contribution >= 4 is 5.91 Å². The van der Waals surface area contributed by atoms with Crippen LogP contribution in [0.15, 0.2) is 30.9 Å². The highest BCUT2D eigenvalue weighted by molar-refractivity contribution is 5.96. The molecule has 2 atom stereocenters. The number of carbonyl (C=O) groups excluding carboxylic acids is 1. The van der Waals surface area contributed by atoms with E-state index >= 15 is 0 Å². The van der Waals surface area contributed by atoms with E-state index < -0.39 is 0 Å². The van der Waals surface area contributed by atoms with Gasteiger partial charge in [0.15, 0.2) is 0 Å². The number of nitrogens with one attached hydrogen (secondary N) is 1. The Bertz CT molecular complexity index is 670. The Morgan fingerprint density at radius 2 is 1.91 bits per heavy atom. The maximum atomic E-state index is 12.6. The third kappa shape index (κ3) is 3.53. The molecule has 0 unspecified atom stereocenters. The van der Waals surface area contributed by atoms with Gasteiger partial charge in [-0.3, -0.25) is 9.78 Å². The summed E-state index contributed by atoms with van der Waals surface area (Å²) in [7, 11) is 0. The summed E-state index contributed by atoms with van der Waals surface area (Å²) in [6.45, 7) is 4.83. The summed E-state index contributed by atoms with van der Waals surface area (Å²) in [5.41, 5.74) is 3.14. The maximum absolute atomic E-state index is 12.6. The SMILES string of the molecule is Cc1ncnc(C)c1C(=O)N[C@H]1COC[C@H]1Cc1ccncc1. The minimum atomic E-state index is -0.129. The summed E-state index contributed by atoms with van der Waals surface area (Å²) < 4.78 is 5.58. The number of carbonyl (C=O) groups is 1. The molecule has 120 valence electrons. The third-order valence-corrected chi connectivity index (χ3v) is 4.22. The summed E-state index contributed by atoms with van der Waals surface area (Å²) in [5.74, 6) is 0.127. The Balaban J connectivity index is 1.70. The summed E-state index contributed by atoms with van der Waals surface area (Å²) in [6.07, 6.45) is 5.91. The fraction of sp³-hybridized carbons (Fsp3) is 0.412. The average Bonchev–Trinajstić information content (AvgIpc) is 2.95. The van der Waals surface area contributed by atoms with Gasteiger partial charge in [-0.15, -0.1) is 0 Å². The summed E-state index contributed by atoms with van der Waals surface area (Å²) in [5, 5.41) is 3.09. The van der Waals surface area contributed by atoms with Gasteiger partial charge in [-0.2, -0.15) is 0 Å². The molecule has 6 heteroatoms. The highest BCUT2D eigenvalue weighted by atomic mass is 16.5. The molecule has 3 rings (SSSR count). The zero-order valence-electron chi connectivity index (χ0n) is 13.3. The van der Waals surface area contributed by atoms with Gasteiger partial charge in [0, 0.05) is 18.3 Å². The molecular formula is C17H20N4O2. The zero-order valence-corrected chi connectivity index (χ0v) is 13.3. The molecule has 1 amide bonds. The van der Waals surface area contributed by atoms with Gasteiger partial charge in [0.05, 0.1) is 36.2 Å². The predicted molar refractivity (Wildman–Crippen MR) is 85.0 cm³/mol. The molecule has 2 aromatic heterocycles. The Kier molecular flexibility index (Phi) is 4.62. The molecule has 23 heavy (non-hydrogen) atoms. The van der Waals surface area contributed by atoms with Crippen molar-refractivity contribution in [2.75, 3.05) is 13.2 Å². The van der Waals surface area contributed by atoms with Gasteiger partial charge in [-0.1, -0.05) is 0 Å². The van der Waals surface area contributed by atoms with Crippen LogP contribution in [-0.4, -0.2) is 40.1 Å². The summed E-state index contributed by atoms with van der Waals surface area (Å²) in [4.78, 5) is 24.8. The number of aromatic nitrogens is 3. The van der Waals surface area contributed by atoms with E-state index in [-0.39, 0.29) is 17.9 Å². The number of pyridine rings is 1. The lowest BCUT2D eigenvalue weighted by atomic mass is 9.95. The molecule has 0 aromatic carbocycles. The molecule has 6 nitrogen and oxygen atoms in total. The number of rotatable bonds is 4. The third-order valence-electron chi connectivity index (χ3n) is 4.22. The lowest BCUT2D eigenvalue weighted by Gasteiger charge is -2.20. The number of hydrogen-bond acceptors (Lipinski definition) is 5. The lowest BCUT2D eigenvalue weighted by Crippen LogP contribution is -2.41. The smallest absolute Gasteiger partial charge is 0.255 e. The van der Waals surface area contributed by atoms with Crippen molar-refractivity contribution < 1.29 is 9.53 Å². The molecule has 0 radical (unpaired) electrons. The summed E-state index contributed by atoms with van der Waals surface area (Å²) in [6, 6.07) is 3.99. The van der Waals surface area contributed by atoms with E-state index in [1.807, 2.05) is 26.0 Å². The molecule has 0 spiro atoms. The van der Waals surface area contributed by atoms with Crippen molar-refractivity contribution in [2.45, 2.75) is 26.3 Å². The second kappa shape index (κ2) is 6.83. The molecule has 0 aliphatic carbocycles. The van der Waals surface area contributed by atoms with Gasteiger partial charge in [-0.25, -0.2) is 9.97 Å². The van der Waals surface area contributed by atoms with Crippen molar-refractivity contribution in [3.8, 4) is 0 Å². The van der Waals surface area contributed by atoms with Crippen LogP contribution in [0.25, 0.3) is 0 Å². The Morgan fingerprint density at radius 3 is 2.61 bits per heavy atom. The van der Waals surface area contributed by atoms with Crippen LogP contribution in [0.2, 0.25) is 0 Å². The van der Waals surface area contributed by atoms with E-state index in [9.17, 15) is 4.79 Å². The highest BCUT2D eigenvalue weighted by Crippen LogP contribution is 2.20. The van der Waals surface area contributed by atoms with E-state index in [0.29, 0.717) is 30.2 Å². The standard InChI is InChI=1S/C17H20N4O2/c1-11-16(12(2)20-10-19-11)17(22)21-15-9-23-8-14(15)7-13-3-5-18-6-4-13/h3-6,10,14-15H,7-9H2,1-2H3,(H,21,22)/t14-,15+/m1/s1. The first-order valence-electron chi connectivity index (χ1n) is 7.71. The highest BCUT2D eigenvalue weighted by Gasteiger charge is 2.30. The van der Waals surface area contributed by atoms with E-state index in [0.717, 1.165) is 6.42 Å². The topological polar surface area (TPSA) is 77.0 Å². The van der Waals surface area contributed by atoms with Crippen LogP contribution in [0.4, 0.5) is 0 Å². The van der Waals surface area contributed by atoms with Crippen molar-refractivity contribution in [1.82, 2.24) is 20.3 Å². The van der Waals surface area contributed by atoms with Crippen LogP contribution in [-0.2, 0) is 11.2 Å². The fourth-order valence-corrected chi connectivity index (χ4v) is 2.94. The molecule has 1 aliphatic heterocycles. The van der Waals surface area contributed by atoms with Crippen LogP contribution in [0.1, 0.15) is 27.3 Å². The molecule has 2 aromatic rings. The Morgan fingerprint density at radius 1 is 1.22 bits per heavy atom. The fourth-order valence-electron chi connectivity index (χ4n) is 2.94. The van der Waals surface area contributed by atoms with Crippen molar-refractivity contribution in [3.05, 3.63) is 53.4 Å². The predicted octanol–water partition coefficient (Wildman–Crippen LogP) is 1.48. The molecule has 0 saturated carbocycles. The molecule has 0 bridgehead atoms. The van der Waals surface area contributed by atoms with E-state index in [4.69, 9.17) is 4.74 Å². The van der Waals surface area contributed by atoms with E-state index in [1.54, 1.807) is 12.4 Å². The van der Waals surface area contributed by atoms with Crippen LogP contribution in [0.5, 0.6) is 0 Å². The van der Waals surface area contributed by atoms with Crippen molar-refractivity contribution in [3.63, 3.8) is 0 Å². The molecule has 3 heterocycles. The zero-order chi connectivity index (χ0) is 16.2. The van der Waals surface area contributed by atoms with Crippen molar-refractivity contribution in [2.24, 2.45) is 5.92 Å². The number of amides is 1. The van der Waals surface area contributed by atoms with Gasteiger partial charge < -0.3 is 10.1 Å². The molecule has 1 aliphatic rings. The first-order valence-corrected chi connectivity index (χ1v) is 7.71. The van der Waals surface area contributed by atoms with Gasteiger partial charge in [-0.05, 0) is 38.0 Å². The minimum Gasteiger partial charge on any atom is -0.379 e. The molecular weight excluding hydrogens is 292 g/mol. The van der Waals surface area contributed by atoms with Crippen LogP contribution >= 0.6 is 0 Å². The van der Waals surface area contributed by atoms with Gasteiger partial charge in [0.2, 0.25) is 0 Å². The van der Waals surface area contributed by atoms with Gasteiger partial charge in [0.25, 0.3) is 5.91 Å². The monoisotopic (exact) mass is 312 g/mol. The first kappa shape index (κ1) is 15.6. The molecule has 1 saturated heterocycles. The first-order chi connectivity index (χ1) is 11.1. The molecule has 1 fully saturated rings. The van der Waals surface area contributed by atoms with Crippen LogP contribution in [0.3, 0.4) is 0 Å².